The molecular weight excluding hydrogens is 390 g/mol. The Hall–Kier alpha value is -2.71. The molecule has 0 bridgehead atoms. The van der Waals surface area contributed by atoms with Gasteiger partial charge in [0.2, 0.25) is 0 Å². The first-order chi connectivity index (χ1) is 13.4. The van der Waals surface area contributed by atoms with Crippen LogP contribution in [0.5, 0.6) is 0 Å². The molecule has 1 N–H and O–H groups in total. The van der Waals surface area contributed by atoms with Gasteiger partial charge in [-0.05, 0) is 32.0 Å². The van der Waals surface area contributed by atoms with E-state index in [9.17, 15) is 4.79 Å². The minimum Gasteiger partial charge on any atom is -0.354 e. The Balaban J connectivity index is 1.52. The van der Waals surface area contributed by atoms with E-state index in [0.29, 0.717) is 4.88 Å². The van der Waals surface area contributed by atoms with Crippen molar-refractivity contribution in [3.8, 4) is 5.69 Å². The standard InChI is InChI=1S/C20H21N5OS2/c1-12(15-11-21-25(13(15)2)14-8-6-5-7-9-14)22-18(26)16-10-17-19(27-16)23-20(28-17)24(3)4/h5-12H,1-4H3,(H,22,26). The maximum atomic E-state index is 12.7. The molecule has 4 rings (SSSR count). The Morgan fingerprint density at radius 2 is 1.96 bits per heavy atom. The van der Waals surface area contributed by atoms with Crippen LogP contribution >= 0.6 is 22.7 Å². The number of carbonyl (C=O) groups is 1. The maximum Gasteiger partial charge on any atom is 0.261 e. The molecule has 1 aromatic carbocycles. The van der Waals surface area contributed by atoms with E-state index < -0.39 is 0 Å². The Labute approximate surface area is 171 Å². The third-order valence-electron chi connectivity index (χ3n) is 4.55. The first-order valence-corrected chi connectivity index (χ1v) is 10.6. The van der Waals surface area contributed by atoms with E-state index in [1.54, 1.807) is 11.3 Å². The molecule has 3 heterocycles. The largest absolute Gasteiger partial charge is 0.354 e. The summed E-state index contributed by atoms with van der Waals surface area (Å²) in [4.78, 5) is 20.9. The highest BCUT2D eigenvalue weighted by molar-refractivity contribution is 7.29. The van der Waals surface area contributed by atoms with Crippen molar-refractivity contribution in [1.82, 2.24) is 20.1 Å². The summed E-state index contributed by atoms with van der Waals surface area (Å²) in [7, 11) is 3.94. The molecule has 144 valence electrons. The molecule has 1 amide bonds. The molecule has 0 aliphatic rings. The van der Waals surface area contributed by atoms with Gasteiger partial charge < -0.3 is 10.2 Å². The SMILES string of the molecule is Cc1c(C(C)NC(=O)c2cc3sc(N(C)C)nc3s2)cnn1-c1ccccc1. The highest BCUT2D eigenvalue weighted by Crippen LogP contribution is 2.34. The Bertz CT molecular complexity index is 1090. The van der Waals surface area contributed by atoms with Crippen molar-refractivity contribution >= 4 is 43.2 Å². The normalized spacial score (nSPS) is 12.3. The number of para-hydroxylation sites is 1. The average molecular weight is 412 g/mol. The first-order valence-electron chi connectivity index (χ1n) is 8.92. The van der Waals surface area contributed by atoms with Crippen molar-refractivity contribution in [2.24, 2.45) is 0 Å². The van der Waals surface area contributed by atoms with Crippen LogP contribution < -0.4 is 10.2 Å². The summed E-state index contributed by atoms with van der Waals surface area (Å²) in [5.41, 5.74) is 3.03. The van der Waals surface area contributed by atoms with Gasteiger partial charge in [0.05, 0.1) is 27.5 Å². The average Bonchev–Trinajstić information content (AvgIpc) is 3.35. The number of amides is 1. The molecule has 1 atom stereocenters. The maximum absolute atomic E-state index is 12.7. The highest BCUT2D eigenvalue weighted by atomic mass is 32.1. The van der Waals surface area contributed by atoms with Crippen molar-refractivity contribution in [2.75, 3.05) is 19.0 Å². The van der Waals surface area contributed by atoms with Gasteiger partial charge in [0, 0.05) is 25.4 Å². The molecule has 6 nitrogen and oxygen atoms in total. The van der Waals surface area contributed by atoms with Crippen LogP contribution in [0.1, 0.15) is 33.9 Å². The zero-order valence-electron chi connectivity index (χ0n) is 16.1. The predicted molar refractivity (Wildman–Crippen MR) is 116 cm³/mol. The molecular formula is C20H21N5OS2. The molecule has 8 heteroatoms. The number of hydrogen-bond donors (Lipinski definition) is 1. The quantitative estimate of drug-likeness (QED) is 0.528. The summed E-state index contributed by atoms with van der Waals surface area (Å²) in [5, 5.41) is 8.54. The number of rotatable bonds is 5. The van der Waals surface area contributed by atoms with Gasteiger partial charge in [-0.25, -0.2) is 9.67 Å². The monoisotopic (exact) mass is 411 g/mol. The molecule has 0 spiro atoms. The molecule has 0 radical (unpaired) electrons. The number of thiazole rings is 1. The lowest BCUT2D eigenvalue weighted by Crippen LogP contribution is -2.26. The van der Waals surface area contributed by atoms with Crippen molar-refractivity contribution in [3.05, 3.63) is 58.7 Å². The van der Waals surface area contributed by atoms with Crippen LogP contribution in [0.15, 0.2) is 42.6 Å². The molecule has 0 fully saturated rings. The van der Waals surface area contributed by atoms with Crippen molar-refractivity contribution in [2.45, 2.75) is 19.9 Å². The van der Waals surface area contributed by atoms with Gasteiger partial charge in [-0.3, -0.25) is 4.79 Å². The van der Waals surface area contributed by atoms with Gasteiger partial charge in [-0.1, -0.05) is 29.5 Å². The van der Waals surface area contributed by atoms with E-state index in [2.05, 4.69) is 15.4 Å². The fourth-order valence-corrected chi connectivity index (χ4v) is 5.09. The number of nitrogens with zero attached hydrogens (tertiary/aromatic N) is 4. The zero-order chi connectivity index (χ0) is 19.8. The summed E-state index contributed by atoms with van der Waals surface area (Å²) < 4.78 is 2.94. The van der Waals surface area contributed by atoms with Crippen molar-refractivity contribution in [1.29, 1.82) is 0 Å². The molecule has 1 unspecified atom stereocenters. The van der Waals surface area contributed by atoms with E-state index in [4.69, 9.17) is 0 Å². The van der Waals surface area contributed by atoms with Crippen molar-refractivity contribution < 1.29 is 4.79 Å². The summed E-state index contributed by atoms with van der Waals surface area (Å²) in [6.45, 7) is 4.00. The molecule has 0 aliphatic carbocycles. The molecule has 3 aromatic heterocycles. The number of benzene rings is 1. The van der Waals surface area contributed by atoms with Gasteiger partial charge >= 0.3 is 0 Å². The van der Waals surface area contributed by atoms with Gasteiger partial charge in [0.15, 0.2) is 5.13 Å². The van der Waals surface area contributed by atoms with Crippen molar-refractivity contribution in [3.63, 3.8) is 0 Å². The van der Waals surface area contributed by atoms with Crippen LogP contribution in [-0.4, -0.2) is 34.8 Å². The minimum atomic E-state index is -0.143. The predicted octanol–water partition coefficient (Wildman–Crippen LogP) is 4.41. The lowest BCUT2D eigenvalue weighted by Gasteiger charge is -2.13. The summed E-state index contributed by atoms with van der Waals surface area (Å²) >= 11 is 3.02. The first kappa shape index (κ1) is 18.6. The van der Waals surface area contributed by atoms with Gasteiger partial charge in [-0.2, -0.15) is 5.10 Å². The van der Waals surface area contributed by atoms with Crippen LogP contribution in [0.2, 0.25) is 0 Å². The summed E-state index contributed by atoms with van der Waals surface area (Å²) in [6.07, 6.45) is 1.82. The number of nitrogens with one attached hydrogen (secondary N) is 1. The second-order valence-corrected chi connectivity index (χ2v) is 8.84. The Morgan fingerprint density at radius 3 is 2.64 bits per heavy atom. The van der Waals surface area contributed by atoms with Crippen LogP contribution in [0.4, 0.5) is 5.13 Å². The number of anilines is 1. The molecule has 0 aliphatic heterocycles. The lowest BCUT2D eigenvalue weighted by atomic mass is 10.1. The second kappa shape index (κ2) is 7.37. The zero-order valence-corrected chi connectivity index (χ0v) is 17.8. The summed E-state index contributed by atoms with van der Waals surface area (Å²) in [5.74, 6) is -0.0824. The molecule has 28 heavy (non-hydrogen) atoms. The van der Waals surface area contributed by atoms with E-state index >= 15 is 0 Å². The smallest absolute Gasteiger partial charge is 0.261 e. The molecule has 0 saturated heterocycles. The summed E-state index contributed by atoms with van der Waals surface area (Å²) in [6, 6.07) is 11.8. The lowest BCUT2D eigenvalue weighted by molar-refractivity contribution is 0.0944. The second-order valence-electron chi connectivity index (χ2n) is 6.80. The third-order valence-corrected chi connectivity index (χ3v) is 6.87. The number of fused-ring (bicyclic) bond motifs is 1. The van der Waals surface area contributed by atoms with Crippen LogP contribution in [-0.2, 0) is 0 Å². The molecule has 4 aromatic rings. The highest BCUT2D eigenvalue weighted by Gasteiger charge is 2.19. The fraction of sp³-hybridized carbons (Fsp3) is 0.250. The Morgan fingerprint density at radius 1 is 1.21 bits per heavy atom. The number of thiophene rings is 1. The number of carbonyl (C=O) groups excluding carboxylic acids is 1. The van der Waals surface area contributed by atoms with E-state index in [1.165, 1.54) is 11.3 Å². The third kappa shape index (κ3) is 3.41. The van der Waals surface area contributed by atoms with E-state index in [-0.39, 0.29) is 11.9 Å². The van der Waals surface area contributed by atoms with E-state index in [1.807, 2.05) is 80.1 Å². The Kier molecular flexibility index (Phi) is 4.91. The van der Waals surface area contributed by atoms with Gasteiger partial charge in [0.25, 0.3) is 5.91 Å². The van der Waals surface area contributed by atoms with E-state index in [0.717, 1.165) is 31.6 Å². The van der Waals surface area contributed by atoms with Gasteiger partial charge in [0.1, 0.15) is 4.83 Å². The molecule has 0 saturated carbocycles. The van der Waals surface area contributed by atoms with Crippen LogP contribution in [0.3, 0.4) is 0 Å². The number of aromatic nitrogens is 3. The fourth-order valence-electron chi connectivity index (χ4n) is 3.05. The topological polar surface area (TPSA) is 63.1 Å². The van der Waals surface area contributed by atoms with Crippen LogP contribution in [0.25, 0.3) is 15.2 Å². The number of hydrogen-bond acceptors (Lipinski definition) is 6. The van der Waals surface area contributed by atoms with Gasteiger partial charge in [-0.15, -0.1) is 11.3 Å². The van der Waals surface area contributed by atoms with Crippen LogP contribution in [0, 0.1) is 6.92 Å². The minimum absolute atomic E-state index is 0.0824.